The van der Waals surface area contributed by atoms with Crippen molar-refractivity contribution in [2.75, 3.05) is 37.6 Å². The SMILES string of the molecule is O=C1CCC(c2ccc(C(O)CN3CCN(c4ccccc4)CC3)cc2)N1. The molecule has 2 aromatic carbocycles. The zero-order valence-electron chi connectivity index (χ0n) is 15.6. The number of benzene rings is 2. The smallest absolute Gasteiger partial charge is 0.220 e. The van der Waals surface area contributed by atoms with E-state index in [2.05, 4.69) is 39.4 Å². The lowest BCUT2D eigenvalue weighted by Gasteiger charge is -2.37. The van der Waals surface area contributed by atoms with Crippen LogP contribution in [0.3, 0.4) is 0 Å². The molecule has 2 fully saturated rings. The number of nitrogens with zero attached hydrogens (tertiary/aromatic N) is 2. The molecule has 5 nitrogen and oxygen atoms in total. The summed E-state index contributed by atoms with van der Waals surface area (Å²) in [6, 6.07) is 18.7. The fourth-order valence-electron chi connectivity index (χ4n) is 3.99. The predicted molar refractivity (Wildman–Crippen MR) is 107 cm³/mol. The van der Waals surface area contributed by atoms with Crippen LogP contribution < -0.4 is 10.2 Å². The van der Waals surface area contributed by atoms with Gasteiger partial charge in [-0.3, -0.25) is 9.69 Å². The van der Waals surface area contributed by atoms with Gasteiger partial charge in [-0.25, -0.2) is 0 Å². The van der Waals surface area contributed by atoms with E-state index in [1.165, 1.54) is 5.69 Å². The number of nitrogens with one attached hydrogen (secondary N) is 1. The van der Waals surface area contributed by atoms with Crippen LogP contribution in [0.1, 0.15) is 36.1 Å². The molecule has 0 aliphatic carbocycles. The third-order valence-corrected chi connectivity index (χ3v) is 5.64. The van der Waals surface area contributed by atoms with E-state index in [1.807, 2.05) is 30.3 Å². The van der Waals surface area contributed by atoms with Crippen molar-refractivity contribution >= 4 is 11.6 Å². The Morgan fingerprint density at radius 2 is 1.70 bits per heavy atom. The normalized spacial score (nSPS) is 21.9. The lowest BCUT2D eigenvalue weighted by molar-refractivity contribution is -0.119. The van der Waals surface area contributed by atoms with Gasteiger partial charge in [-0.05, 0) is 29.7 Å². The van der Waals surface area contributed by atoms with Crippen molar-refractivity contribution in [3.8, 4) is 0 Å². The molecule has 2 aliphatic rings. The van der Waals surface area contributed by atoms with Crippen LogP contribution in [-0.4, -0.2) is 48.6 Å². The van der Waals surface area contributed by atoms with Crippen LogP contribution >= 0.6 is 0 Å². The highest BCUT2D eigenvalue weighted by Gasteiger charge is 2.23. The molecule has 142 valence electrons. The fraction of sp³-hybridized carbons (Fsp3) is 0.409. The zero-order chi connectivity index (χ0) is 18.6. The summed E-state index contributed by atoms with van der Waals surface area (Å²) >= 11 is 0. The van der Waals surface area contributed by atoms with E-state index in [1.54, 1.807) is 0 Å². The number of rotatable bonds is 5. The second-order valence-electron chi connectivity index (χ2n) is 7.46. The minimum atomic E-state index is -0.486. The highest BCUT2D eigenvalue weighted by Crippen LogP contribution is 2.25. The summed E-state index contributed by atoms with van der Waals surface area (Å²) in [6.45, 7) is 4.53. The number of aliphatic hydroxyl groups is 1. The minimum absolute atomic E-state index is 0.120. The van der Waals surface area contributed by atoms with E-state index in [9.17, 15) is 9.90 Å². The summed E-state index contributed by atoms with van der Waals surface area (Å²) in [4.78, 5) is 16.1. The average molecular weight is 365 g/mol. The molecule has 5 heteroatoms. The van der Waals surface area contributed by atoms with Crippen molar-refractivity contribution in [3.63, 3.8) is 0 Å². The maximum absolute atomic E-state index is 11.4. The first kappa shape index (κ1) is 18.0. The maximum Gasteiger partial charge on any atom is 0.220 e. The van der Waals surface area contributed by atoms with Gasteiger partial charge in [0.15, 0.2) is 0 Å². The quantitative estimate of drug-likeness (QED) is 0.855. The van der Waals surface area contributed by atoms with E-state index in [-0.39, 0.29) is 11.9 Å². The number of hydrogen-bond acceptors (Lipinski definition) is 4. The Bertz CT molecular complexity index is 755. The molecule has 0 radical (unpaired) electrons. The van der Waals surface area contributed by atoms with Gasteiger partial charge in [0.1, 0.15) is 0 Å². The van der Waals surface area contributed by atoms with Gasteiger partial charge >= 0.3 is 0 Å². The molecular weight excluding hydrogens is 338 g/mol. The number of piperazine rings is 1. The molecule has 2 atom stereocenters. The lowest BCUT2D eigenvalue weighted by atomic mass is 10.0. The molecule has 2 saturated heterocycles. The van der Waals surface area contributed by atoms with Gasteiger partial charge in [-0.15, -0.1) is 0 Å². The highest BCUT2D eigenvalue weighted by molar-refractivity contribution is 5.78. The van der Waals surface area contributed by atoms with Crippen molar-refractivity contribution < 1.29 is 9.90 Å². The summed E-state index contributed by atoms with van der Waals surface area (Å²) in [5, 5.41) is 13.6. The first-order valence-corrected chi connectivity index (χ1v) is 9.79. The maximum atomic E-state index is 11.4. The van der Waals surface area contributed by atoms with Crippen LogP contribution in [0.2, 0.25) is 0 Å². The molecule has 2 heterocycles. The number of amides is 1. The van der Waals surface area contributed by atoms with E-state index in [4.69, 9.17) is 0 Å². The van der Waals surface area contributed by atoms with Gasteiger partial charge in [0.25, 0.3) is 0 Å². The molecule has 0 aromatic heterocycles. The van der Waals surface area contributed by atoms with Crippen LogP contribution in [0.4, 0.5) is 5.69 Å². The summed E-state index contributed by atoms with van der Waals surface area (Å²) in [5.41, 5.74) is 3.33. The van der Waals surface area contributed by atoms with E-state index >= 15 is 0 Å². The number of anilines is 1. The number of hydrogen-bond donors (Lipinski definition) is 2. The van der Waals surface area contributed by atoms with Crippen LogP contribution in [-0.2, 0) is 4.79 Å². The van der Waals surface area contributed by atoms with Gasteiger partial charge in [0.2, 0.25) is 5.91 Å². The molecule has 0 spiro atoms. The topological polar surface area (TPSA) is 55.8 Å². The van der Waals surface area contributed by atoms with Crippen molar-refractivity contribution in [2.24, 2.45) is 0 Å². The fourth-order valence-corrected chi connectivity index (χ4v) is 3.99. The van der Waals surface area contributed by atoms with Gasteiger partial charge in [0, 0.05) is 44.8 Å². The molecule has 2 N–H and O–H groups in total. The zero-order valence-corrected chi connectivity index (χ0v) is 15.6. The third kappa shape index (κ3) is 4.31. The van der Waals surface area contributed by atoms with Gasteiger partial charge in [-0.1, -0.05) is 42.5 Å². The largest absolute Gasteiger partial charge is 0.387 e. The Morgan fingerprint density at radius 1 is 1.00 bits per heavy atom. The molecule has 2 aliphatic heterocycles. The molecular formula is C22H27N3O2. The van der Waals surface area contributed by atoms with Crippen LogP contribution in [0.25, 0.3) is 0 Å². The van der Waals surface area contributed by atoms with E-state index in [0.717, 1.165) is 43.7 Å². The van der Waals surface area contributed by atoms with Gasteiger partial charge in [0.05, 0.1) is 12.1 Å². The highest BCUT2D eigenvalue weighted by atomic mass is 16.3. The van der Waals surface area contributed by atoms with E-state index < -0.39 is 6.10 Å². The standard InChI is InChI=1S/C22H27N3O2/c26-21(18-8-6-17(7-9-18)20-10-11-22(27)23-20)16-24-12-14-25(15-13-24)19-4-2-1-3-5-19/h1-9,20-21,26H,10-16H2,(H,23,27). The minimum Gasteiger partial charge on any atom is -0.387 e. The summed E-state index contributed by atoms with van der Waals surface area (Å²) < 4.78 is 0. The third-order valence-electron chi connectivity index (χ3n) is 5.64. The van der Waals surface area contributed by atoms with Crippen LogP contribution in [0.15, 0.2) is 54.6 Å². The van der Waals surface area contributed by atoms with E-state index in [0.29, 0.717) is 13.0 Å². The van der Waals surface area contributed by atoms with Crippen molar-refractivity contribution in [1.29, 1.82) is 0 Å². The summed E-state index contributed by atoms with van der Waals surface area (Å²) in [7, 11) is 0. The molecule has 2 unspecified atom stereocenters. The predicted octanol–water partition coefficient (Wildman–Crippen LogP) is 2.49. The summed E-state index contributed by atoms with van der Waals surface area (Å²) in [6.07, 6.45) is 0.969. The second kappa shape index (κ2) is 8.11. The molecule has 0 saturated carbocycles. The van der Waals surface area contributed by atoms with Crippen LogP contribution in [0, 0.1) is 0 Å². The average Bonchev–Trinajstić information content (AvgIpc) is 3.16. The molecule has 4 rings (SSSR count). The molecule has 27 heavy (non-hydrogen) atoms. The van der Waals surface area contributed by atoms with Gasteiger partial charge in [-0.2, -0.15) is 0 Å². The monoisotopic (exact) mass is 365 g/mol. The Hall–Kier alpha value is -2.37. The number of aliphatic hydroxyl groups excluding tert-OH is 1. The Balaban J connectivity index is 1.29. The number of β-amino-alcohol motifs (C(OH)–C–C–N with tert-alkyl or cyclic N) is 1. The van der Waals surface area contributed by atoms with Crippen molar-refractivity contribution in [3.05, 3.63) is 65.7 Å². The summed E-state index contributed by atoms with van der Waals surface area (Å²) in [5.74, 6) is 0.124. The molecule has 0 bridgehead atoms. The first-order chi connectivity index (χ1) is 13.2. The number of carbonyl (C=O) groups is 1. The first-order valence-electron chi connectivity index (χ1n) is 9.79. The number of carbonyl (C=O) groups excluding carboxylic acids is 1. The Labute approximate surface area is 160 Å². The van der Waals surface area contributed by atoms with Crippen molar-refractivity contribution in [2.45, 2.75) is 25.0 Å². The Kier molecular flexibility index (Phi) is 5.41. The second-order valence-corrected chi connectivity index (χ2v) is 7.46. The van der Waals surface area contributed by atoms with Gasteiger partial charge < -0.3 is 15.3 Å². The molecule has 1 amide bonds. The molecule has 2 aromatic rings. The number of para-hydroxylation sites is 1. The lowest BCUT2D eigenvalue weighted by Crippen LogP contribution is -2.47. The van der Waals surface area contributed by atoms with Crippen LogP contribution in [0.5, 0.6) is 0 Å². The Morgan fingerprint density at radius 3 is 2.33 bits per heavy atom. The van der Waals surface area contributed by atoms with Crippen molar-refractivity contribution in [1.82, 2.24) is 10.2 Å².